The van der Waals surface area contributed by atoms with Gasteiger partial charge in [-0.15, -0.1) is 11.3 Å². The van der Waals surface area contributed by atoms with Gasteiger partial charge >= 0.3 is 6.09 Å². The molecule has 1 aromatic heterocycles. The van der Waals surface area contributed by atoms with Crippen molar-refractivity contribution < 1.29 is 22.9 Å². The number of nitrogens with one attached hydrogen (secondary N) is 2. The third kappa shape index (κ3) is 6.68. The number of hydrogen-bond acceptors (Lipinski definition) is 6. The van der Waals surface area contributed by atoms with E-state index in [1.54, 1.807) is 63.4 Å². The summed E-state index contributed by atoms with van der Waals surface area (Å²) in [4.78, 5) is 27.0. The molecule has 10 heteroatoms. The summed E-state index contributed by atoms with van der Waals surface area (Å²) in [6.45, 7) is 5.28. The predicted molar refractivity (Wildman–Crippen MR) is 159 cm³/mol. The monoisotopic (exact) mass is 579 g/mol. The van der Waals surface area contributed by atoms with Gasteiger partial charge in [-0.1, -0.05) is 18.2 Å². The molecule has 1 aliphatic carbocycles. The van der Waals surface area contributed by atoms with E-state index in [0.717, 1.165) is 34.1 Å². The Labute approximate surface area is 236 Å². The average Bonchev–Trinajstić information content (AvgIpc) is 3.56. The number of carbonyl (C=O) groups excluding carboxylic acids is 2. The molecule has 2 amide bonds. The van der Waals surface area contributed by atoms with Crippen molar-refractivity contribution in [3.8, 4) is 11.1 Å². The van der Waals surface area contributed by atoms with Gasteiger partial charge in [-0.3, -0.25) is 10.1 Å². The summed E-state index contributed by atoms with van der Waals surface area (Å²) >= 11 is 1.31. The van der Waals surface area contributed by atoms with Gasteiger partial charge in [-0.25, -0.2) is 17.8 Å². The van der Waals surface area contributed by atoms with E-state index in [-0.39, 0.29) is 17.8 Å². The molecule has 1 saturated carbocycles. The summed E-state index contributed by atoms with van der Waals surface area (Å²) < 4.78 is 37.4. The number of thiophene rings is 1. The Kier molecular flexibility index (Phi) is 7.41. The SMILES string of the molecule is CC(C)(C)OC(=O)Nc1ccc(-c2ccc(F)cc2)cc1NC(=O)c1cc2cc(S(C)(=O)=NC3CC3)ccc2s1. The third-order valence-corrected chi connectivity index (χ3v) is 9.07. The molecule has 208 valence electrons. The zero-order chi connectivity index (χ0) is 28.7. The van der Waals surface area contributed by atoms with E-state index in [1.807, 2.05) is 18.2 Å². The van der Waals surface area contributed by atoms with Crippen LogP contribution in [-0.4, -0.2) is 34.1 Å². The summed E-state index contributed by atoms with van der Waals surface area (Å²) in [5.41, 5.74) is 1.48. The fraction of sp³-hybridized carbons (Fsp3) is 0.267. The second kappa shape index (κ2) is 10.7. The number of rotatable bonds is 6. The highest BCUT2D eigenvalue weighted by Crippen LogP contribution is 2.33. The van der Waals surface area contributed by atoms with Gasteiger partial charge in [0.05, 0.1) is 32.0 Å². The van der Waals surface area contributed by atoms with Crippen molar-refractivity contribution in [2.75, 3.05) is 16.9 Å². The predicted octanol–water partition coefficient (Wildman–Crippen LogP) is 7.93. The first-order valence-electron chi connectivity index (χ1n) is 12.8. The first-order valence-corrected chi connectivity index (χ1v) is 15.6. The van der Waals surface area contributed by atoms with Crippen LogP contribution in [0.25, 0.3) is 21.2 Å². The van der Waals surface area contributed by atoms with Gasteiger partial charge in [0.25, 0.3) is 5.91 Å². The summed E-state index contributed by atoms with van der Waals surface area (Å²) in [5, 5.41) is 6.42. The lowest BCUT2D eigenvalue weighted by Crippen LogP contribution is -2.27. The lowest BCUT2D eigenvalue weighted by molar-refractivity contribution is 0.0635. The highest BCUT2D eigenvalue weighted by atomic mass is 32.2. The largest absolute Gasteiger partial charge is 0.444 e. The van der Waals surface area contributed by atoms with E-state index < -0.39 is 21.4 Å². The van der Waals surface area contributed by atoms with Crippen LogP contribution in [0, 0.1) is 5.82 Å². The quantitative estimate of drug-likeness (QED) is 0.242. The molecule has 1 unspecified atom stereocenters. The van der Waals surface area contributed by atoms with Gasteiger partial charge in [0.1, 0.15) is 11.4 Å². The van der Waals surface area contributed by atoms with Gasteiger partial charge in [-0.2, -0.15) is 0 Å². The number of halogens is 1. The van der Waals surface area contributed by atoms with Crippen LogP contribution in [0.3, 0.4) is 0 Å². The van der Waals surface area contributed by atoms with Gasteiger partial charge < -0.3 is 10.1 Å². The Morgan fingerprint density at radius 1 is 0.950 bits per heavy atom. The first kappa shape index (κ1) is 27.8. The maximum Gasteiger partial charge on any atom is 0.412 e. The standard InChI is InChI=1S/C30H30FN3O4S2/c1-30(2,3)38-29(36)33-24-13-7-19(18-5-8-21(31)9-6-18)16-25(24)32-28(35)27-17-20-15-23(12-14-26(20)39-27)40(4,37)34-22-10-11-22/h5-9,12-17,22H,10-11H2,1-4H3,(H,32,35)(H,33,36). The molecule has 5 rings (SSSR count). The molecule has 3 aromatic carbocycles. The van der Waals surface area contributed by atoms with Gasteiger partial charge in [0.2, 0.25) is 0 Å². The van der Waals surface area contributed by atoms with Gasteiger partial charge in [-0.05, 0) is 98.7 Å². The summed E-state index contributed by atoms with van der Waals surface area (Å²) in [6, 6.07) is 18.6. The molecule has 2 N–H and O–H groups in total. The minimum atomic E-state index is -2.51. The van der Waals surface area contributed by atoms with Crippen LogP contribution >= 0.6 is 11.3 Å². The molecule has 1 heterocycles. The summed E-state index contributed by atoms with van der Waals surface area (Å²) in [6.07, 6.45) is 2.94. The van der Waals surface area contributed by atoms with Gasteiger partial charge in [0, 0.05) is 15.9 Å². The highest BCUT2D eigenvalue weighted by Gasteiger charge is 2.23. The lowest BCUT2D eigenvalue weighted by Gasteiger charge is -2.21. The van der Waals surface area contributed by atoms with Crippen LogP contribution in [-0.2, 0) is 14.5 Å². The number of nitrogens with zero attached hydrogens (tertiary/aromatic N) is 1. The zero-order valence-corrected chi connectivity index (χ0v) is 24.3. The van der Waals surface area contributed by atoms with Crippen LogP contribution < -0.4 is 10.6 Å². The van der Waals surface area contributed by atoms with E-state index in [2.05, 4.69) is 15.0 Å². The van der Waals surface area contributed by atoms with Crippen LogP contribution in [0.1, 0.15) is 43.3 Å². The Morgan fingerprint density at radius 2 is 1.65 bits per heavy atom. The van der Waals surface area contributed by atoms with E-state index in [1.165, 1.54) is 23.5 Å². The molecule has 1 atom stereocenters. The van der Waals surface area contributed by atoms with Crippen LogP contribution in [0.2, 0.25) is 0 Å². The van der Waals surface area contributed by atoms with Crippen LogP contribution in [0.4, 0.5) is 20.6 Å². The Balaban J connectivity index is 1.45. The minimum Gasteiger partial charge on any atom is -0.444 e. The average molecular weight is 580 g/mol. The Bertz CT molecular complexity index is 1730. The molecule has 7 nitrogen and oxygen atoms in total. The molecule has 1 aliphatic rings. The highest BCUT2D eigenvalue weighted by molar-refractivity contribution is 7.93. The molecule has 0 spiro atoms. The number of amides is 2. The topological polar surface area (TPSA) is 96.9 Å². The molecular weight excluding hydrogens is 549 g/mol. The smallest absolute Gasteiger partial charge is 0.412 e. The van der Waals surface area contributed by atoms with Crippen molar-refractivity contribution in [1.82, 2.24) is 0 Å². The van der Waals surface area contributed by atoms with Crippen molar-refractivity contribution in [3.63, 3.8) is 0 Å². The molecule has 0 bridgehead atoms. The third-order valence-electron chi connectivity index (χ3n) is 6.13. The van der Waals surface area contributed by atoms with Crippen LogP contribution in [0.5, 0.6) is 0 Å². The number of carbonyl (C=O) groups is 2. The van der Waals surface area contributed by atoms with Crippen molar-refractivity contribution in [1.29, 1.82) is 0 Å². The van der Waals surface area contributed by atoms with Crippen molar-refractivity contribution in [3.05, 3.63) is 77.4 Å². The van der Waals surface area contributed by atoms with Gasteiger partial charge in [0.15, 0.2) is 0 Å². The zero-order valence-electron chi connectivity index (χ0n) is 22.6. The van der Waals surface area contributed by atoms with E-state index in [4.69, 9.17) is 4.74 Å². The number of anilines is 2. The number of benzene rings is 3. The molecule has 0 radical (unpaired) electrons. The fourth-order valence-electron chi connectivity index (χ4n) is 4.07. The minimum absolute atomic E-state index is 0.172. The number of hydrogen-bond donors (Lipinski definition) is 2. The number of fused-ring (bicyclic) bond motifs is 1. The number of ether oxygens (including phenoxy) is 1. The molecule has 1 fully saturated rings. The normalized spacial score (nSPS) is 14.8. The second-order valence-electron chi connectivity index (χ2n) is 10.8. The van der Waals surface area contributed by atoms with Crippen molar-refractivity contribution >= 4 is 54.5 Å². The lowest BCUT2D eigenvalue weighted by atomic mass is 10.0. The maximum atomic E-state index is 13.5. The molecule has 40 heavy (non-hydrogen) atoms. The summed E-state index contributed by atoms with van der Waals surface area (Å²) in [5.74, 6) is -0.723. The molecule has 0 saturated heterocycles. The fourth-order valence-corrected chi connectivity index (χ4v) is 6.58. The van der Waals surface area contributed by atoms with Crippen molar-refractivity contribution in [2.45, 2.75) is 50.2 Å². The van der Waals surface area contributed by atoms with Crippen molar-refractivity contribution in [2.24, 2.45) is 4.36 Å². The van der Waals surface area contributed by atoms with E-state index in [0.29, 0.717) is 21.1 Å². The second-order valence-corrected chi connectivity index (χ2v) is 14.2. The first-order chi connectivity index (χ1) is 18.9. The maximum absolute atomic E-state index is 13.5. The van der Waals surface area contributed by atoms with E-state index >= 15 is 0 Å². The van der Waals surface area contributed by atoms with Crippen LogP contribution in [0.15, 0.2) is 76.0 Å². The molecule has 0 aliphatic heterocycles. The van der Waals surface area contributed by atoms with E-state index in [9.17, 15) is 18.2 Å². The molecular formula is C30H30FN3O4S2. The summed E-state index contributed by atoms with van der Waals surface area (Å²) in [7, 11) is -2.51. The Morgan fingerprint density at radius 3 is 2.33 bits per heavy atom. The Hall–Kier alpha value is -3.76. The molecule has 4 aromatic rings.